The van der Waals surface area contributed by atoms with E-state index < -0.39 is 0 Å². The molecule has 1 aliphatic rings. The summed E-state index contributed by atoms with van der Waals surface area (Å²) in [5, 5.41) is 8.41. The summed E-state index contributed by atoms with van der Waals surface area (Å²) in [6, 6.07) is 17.8. The van der Waals surface area contributed by atoms with Gasteiger partial charge in [0.1, 0.15) is 23.9 Å². The number of rotatable bonds is 7. The standard InChI is InChI=1S/C26H30Cl2N4O2/c1-26(2,3)19-4-6-21(7-5-19)34-22-10-8-20(9-11-22)33-17-16-31-12-14-32(15-13-31)23-18-24(27)29-30-25(23)28/h4-11,18H,12-17H2,1-3H3. The Morgan fingerprint density at radius 1 is 0.824 bits per heavy atom. The highest BCUT2D eigenvalue weighted by atomic mass is 35.5. The molecule has 1 fully saturated rings. The predicted molar refractivity (Wildman–Crippen MR) is 138 cm³/mol. The summed E-state index contributed by atoms with van der Waals surface area (Å²) in [6.07, 6.45) is 0. The van der Waals surface area contributed by atoms with Crippen molar-refractivity contribution in [3.05, 3.63) is 70.5 Å². The van der Waals surface area contributed by atoms with E-state index in [0.717, 1.165) is 55.7 Å². The molecule has 4 rings (SSSR count). The van der Waals surface area contributed by atoms with Crippen LogP contribution >= 0.6 is 23.2 Å². The maximum Gasteiger partial charge on any atom is 0.175 e. The first-order valence-corrected chi connectivity index (χ1v) is 12.2. The molecule has 2 heterocycles. The Kier molecular flexibility index (Phi) is 7.81. The van der Waals surface area contributed by atoms with Gasteiger partial charge in [-0.1, -0.05) is 56.1 Å². The monoisotopic (exact) mass is 500 g/mol. The van der Waals surface area contributed by atoms with Crippen molar-refractivity contribution in [3.63, 3.8) is 0 Å². The lowest BCUT2D eigenvalue weighted by atomic mass is 9.87. The second-order valence-corrected chi connectivity index (χ2v) is 10.1. The molecule has 6 nitrogen and oxygen atoms in total. The van der Waals surface area contributed by atoms with Gasteiger partial charge in [-0.2, -0.15) is 0 Å². The first kappa shape index (κ1) is 24.6. The molecular formula is C26H30Cl2N4O2. The van der Waals surface area contributed by atoms with Gasteiger partial charge in [-0.25, -0.2) is 0 Å². The van der Waals surface area contributed by atoms with Crippen LogP contribution in [0.15, 0.2) is 54.6 Å². The summed E-state index contributed by atoms with van der Waals surface area (Å²) in [6.45, 7) is 11.6. The van der Waals surface area contributed by atoms with Gasteiger partial charge < -0.3 is 14.4 Å². The zero-order valence-corrected chi connectivity index (χ0v) is 21.3. The molecule has 2 aromatic carbocycles. The summed E-state index contributed by atoms with van der Waals surface area (Å²) < 4.78 is 11.9. The minimum Gasteiger partial charge on any atom is -0.492 e. The number of hydrogen-bond donors (Lipinski definition) is 0. The maximum atomic E-state index is 6.18. The molecular weight excluding hydrogens is 471 g/mol. The smallest absolute Gasteiger partial charge is 0.175 e. The van der Waals surface area contributed by atoms with Crippen LogP contribution in [0, 0.1) is 0 Å². The second kappa shape index (κ2) is 10.8. The van der Waals surface area contributed by atoms with Gasteiger partial charge in [0.2, 0.25) is 0 Å². The molecule has 0 unspecified atom stereocenters. The lowest BCUT2D eigenvalue weighted by molar-refractivity contribution is 0.200. The molecule has 3 aromatic rings. The predicted octanol–water partition coefficient (Wildman–Crippen LogP) is 6.07. The second-order valence-electron chi connectivity index (χ2n) is 9.37. The van der Waals surface area contributed by atoms with Crippen molar-refractivity contribution in [2.75, 3.05) is 44.2 Å². The van der Waals surface area contributed by atoms with Crippen molar-refractivity contribution in [2.45, 2.75) is 26.2 Å². The minimum atomic E-state index is 0.129. The molecule has 8 heteroatoms. The van der Waals surface area contributed by atoms with E-state index in [1.54, 1.807) is 6.07 Å². The molecule has 0 aliphatic carbocycles. The van der Waals surface area contributed by atoms with Crippen molar-refractivity contribution in [3.8, 4) is 17.2 Å². The Bertz CT molecular complexity index is 1080. The van der Waals surface area contributed by atoms with Crippen molar-refractivity contribution < 1.29 is 9.47 Å². The lowest BCUT2D eigenvalue weighted by Gasteiger charge is -2.36. The van der Waals surface area contributed by atoms with Gasteiger partial charge in [-0.3, -0.25) is 4.90 Å². The number of aromatic nitrogens is 2. The van der Waals surface area contributed by atoms with Crippen LogP contribution in [-0.2, 0) is 5.41 Å². The zero-order chi connectivity index (χ0) is 24.1. The molecule has 1 aromatic heterocycles. The average Bonchev–Trinajstić information content (AvgIpc) is 2.82. The topological polar surface area (TPSA) is 50.7 Å². The van der Waals surface area contributed by atoms with Crippen LogP contribution in [0.25, 0.3) is 0 Å². The lowest BCUT2D eigenvalue weighted by Crippen LogP contribution is -2.47. The van der Waals surface area contributed by atoms with E-state index in [1.807, 2.05) is 36.4 Å². The van der Waals surface area contributed by atoms with Crippen molar-refractivity contribution >= 4 is 28.9 Å². The zero-order valence-electron chi connectivity index (χ0n) is 19.8. The summed E-state index contributed by atoms with van der Waals surface area (Å²) >= 11 is 12.1. The summed E-state index contributed by atoms with van der Waals surface area (Å²) in [7, 11) is 0. The molecule has 0 N–H and O–H groups in total. The van der Waals surface area contributed by atoms with Gasteiger partial charge in [-0.15, -0.1) is 10.2 Å². The Morgan fingerprint density at radius 2 is 1.41 bits per heavy atom. The summed E-state index contributed by atoms with van der Waals surface area (Å²) in [5.74, 6) is 2.45. The van der Waals surface area contributed by atoms with E-state index in [0.29, 0.717) is 16.9 Å². The molecule has 180 valence electrons. The summed E-state index contributed by atoms with van der Waals surface area (Å²) in [5.41, 5.74) is 2.25. The highest BCUT2D eigenvalue weighted by Gasteiger charge is 2.20. The minimum absolute atomic E-state index is 0.129. The van der Waals surface area contributed by atoms with E-state index >= 15 is 0 Å². The molecule has 0 amide bonds. The maximum absolute atomic E-state index is 6.18. The Morgan fingerprint density at radius 3 is 2.03 bits per heavy atom. The molecule has 0 radical (unpaired) electrons. The van der Waals surface area contributed by atoms with Crippen LogP contribution in [0.3, 0.4) is 0 Å². The molecule has 0 bridgehead atoms. The van der Waals surface area contributed by atoms with E-state index in [2.05, 4.69) is 52.9 Å². The molecule has 1 aliphatic heterocycles. The number of piperazine rings is 1. The van der Waals surface area contributed by atoms with Gasteiger partial charge in [0, 0.05) is 38.8 Å². The molecule has 0 atom stereocenters. The van der Waals surface area contributed by atoms with Crippen molar-refractivity contribution in [1.82, 2.24) is 15.1 Å². The fourth-order valence-corrected chi connectivity index (χ4v) is 4.19. The van der Waals surface area contributed by atoms with Crippen LogP contribution in [0.1, 0.15) is 26.3 Å². The van der Waals surface area contributed by atoms with Crippen molar-refractivity contribution in [1.29, 1.82) is 0 Å². The number of nitrogens with zero attached hydrogens (tertiary/aromatic N) is 4. The Balaban J connectivity index is 1.20. The fourth-order valence-electron chi connectivity index (χ4n) is 3.83. The van der Waals surface area contributed by atoms with Gasteiger partial charge in [0.15, 0.2) is 10.3 Å². The van der Waals surface area contributed by atoms with Gasteiger partial charge in [0.25, 0.3) is 0 Å². The molecule has 1 saturated heterocycles. The highest BCUT2D eigenvalue weighted by Crippen LogP contribution is 2.28. The first-order chi connectivity index (χ1) is 16.3. The summed E-state index contributed by atoms with van der Waals surface area (Å²) in [4.78, 5) is 4.56. The first-order valence-electron chi connectivity index (χ1n) is 11.5. The fraction of sp³-hybridized carbons (Fsp3) is 0.385. The Labute approximate surface area is 211 Å². The normalized spacial score (nSPS) is 14.8. The van der Waals surface area contributed by atoms with Crippen LogP contribution < -0.4 is 14.4 Å². The van der Waals surface area contributed by atoms with E-state index in [9.17, 15) is 0 Å². The van der Waals surface area contributed by atoms with Crippen LogP contribution in [0.5, 0.6) is 17.2 Å². The van der Waals surface area contributed by atoms with Crippen LogP contribution in [0.2, 0.25) is 10.3 Å². The molecule has 34 heavy (non-hydrogen) atoms. The number of ether oxygens (including phenoxy) is 2. The third-order valence-electron chi connectivity index (χ3n) is 5.87. The van der Waals surface area contributed by atoms with Crippen LogP contribution in [0.4, 0.5) is 5.69 Å². The molecule has 0 saturated carbocycles. The van der Waals surface area contributed by atoms with Crippen molar-refractivity contribution in [2.24, 2.45) is 0 Å². The largest absolute Gasteiger partial charge is 0.492 e. The van der Waals surface area contributed by atoms with Gasteiger partial charge in [-0.05, 0) is 47.4 Å². The highest BCUT2D eigenvalue weighted by molar-refractivity contribution is 6.33. The number of halogens is 2. The quantitative estimate of drug-likeness (QED) is 0.392. The van der Waals surface area contributed by atoms with E-state index in [1.165, 1.54) is 5.56 Å². The number of anilines is 1. The average molecular weight is 501 g/mol. The Hall–Kier alpha value is -2.54. The van der Waals surface area contributed by atoms with Gasteiger partial charge in [0.05, 0.1) is 5.69 Å². The van der Waals surface area contributed by atoms with E-state index in [-0.39, 0.29) is 5.41 Å². The third kappa shape index (κ3) is 6.53. The number of benzene rings is 2. The van der Waals surface area contributed by atoms with E-state index in [4.69, 9.17) is 32.7 Å². The number of hydrogen-bond acceptors (Lipinski definition) is 6. The molecule has 0 spiro atoms. The van der Waals surface area contributed by atoms with Gasteiger partial charge >= 0.3 is 0 Å². The third-order valence-corrected chi connectivity index (χ3v) is 6.32. The van der Waals surface area contributed by atoms with Crippen LogP contribution in [-0.4, -0.2) is 54.4 Å². The SMILES string of the molecule is CC(C)(C)c1ccc(Oc2ccc(OCCN3CCN(c4cc(Cl)nnc4Cl)CC3)cc2)cc1.